The predicted octanol–water partition coefficient (Wildman–Crippen LogP) is 3.48. The summed E-state index contributed by atoms with van der Waals surface area (Å²) in [5.74, 6) is 0.780. The highest BCUT2D eigenvalue weighted by molar-refractivity contribution is 7.89. The molecule has 1 heterocycles. The second kappa shape index (κ2) is 9.20. The molecule has 1 aromatic carbocycles. The lowest BCUT2D eigenvalue weighted by Gasteiger charge is -2.31. The van der Waals surface area contributed by atoms with E-state index in [9.17, 15) is 13.2 Å². The largest absolute Gasteiger partial charge is 0.342 e. The van der Waals surface area contributed by atoms with E-state index in [2.05, 4.69) is 9.62 Å². The van der Waals surface area contributed by atoms with Gasteiger partial charge in [-0.2, -0.15) is 0 Å². The SMILES string of the molecule is Cc1ccc(S(=O)(=O)NCC2CCC(C(=O)N3CCCCCC3)CC2)cc1. The molecule has 1 N–H and O–H groups in total. The summed E-state index contributed by atoms with van der Waals surface area (Å²) in [6.07, 6.45) is 8.32. The first-order valence-electron chi connectivity index (χ1n) is 10.3. The first-order chi connectivity index (χ1) is 13.0. The predicted molar refractivity (Wildman–Crippen MR) is 107 cm³/mol. The lowest BCUT2D eigenvalue weighted by atomic mass is 9.81. The van der Waals surface area contributed by atoms with E-state index in [-0.39, 0.29) is 5.92 Å². The topological polar surface area (TPSA) is 66.5 Å². The van der Waals surface area contributed by atoms with E-state index in [1.165, 1.54) is 12.8 Å². The lowest BCUT2D eigenvalue weighted by molar-refractivity contribution is -0.136. The summed E-state index contributed by atoms with van der Waals surface area (Å²) in [4.78, 5) is 15.1. The van der Waals surface area contributed by atoms with Gasteiger partial charge in [0.2, 0.25) is 15.9 Å². The fourth-order valence-electron chi connectivity index (χ4n) is 4.19. The Hall–Kier alpha value is -1.40. The van der Waals surface area contributed by atoms with Crippen LogP contribution in [0.1, 0.15) is 56.9 Å². The van der Waals surface area contributed by atoms with E-state index in [1.54, 1.807) is 12.1 Å². The Balaban J connectivity index is 1.46. The Kier molecular flexibility index (Phi) is 6.93. The smallest absolute Gasteiger partial charge is 0.240 e. The quantitative estimate of drug-likeness (QED) is 0.834. The minimum Gasteiger partial charge on any atom is -0.342 e. The number of likely N-dealkylation sites (tertiary alicyclic amines) is 1. The monoisotopic (exact) mass is 392 g/mol. The third-order valence-electron chi connectivity index (χ3n) is 6.01. The summed E-state index contributed by atoms with van der Waals surface area (Å²) in [5, 5.41) is 0. The van der Waals surface area contributed by atoms with Crippen molar-refractivity contribution >= 4 is 15.9 Å². The molecule has 1 amide bonds. The highest BCUT2D eigenvalue weighted by atomic mass is 32.2. The maximum atomic E-state index is 12.8. The van der Waals surface area contributed by atoms with Crippen LogP contribution >= 0.6 is 0 Å². The van der Waals surface area contributed by atoms with Crippen LogP contribution in [0.25, 0.3) is 0 Å². The second-order valence-corrected chi connectivity index (χ2v) is 9.89. The number of benzene rings is 1. The normalized spacial score (nSPS) is 24.4. The van der Waals surface area contributed by atoms with E-state index in [1.807, 2.05) is 19.1 Å². The number of amides is 1. The van der Waals surface area contributed by atoms with Gasteiger partial charge in [-0.1, -0.05) is 30.5 Å². The van der Waals surface area contributed by atoms with Gasteiger partial charge in [-0.05, 0) is 63.5 Å². The van der Waals surface area contributed by atoms with Gasteiger partial charge in [0.15, 0.2) is 0 Å². The molecule has 150 valence electrons. The van der Waals surface area contributed by atoms with Crippen molar-refractivity contribution in [3.63, 3.8) is 0 Å². The lowest BCUT2D eigenvalue weighted by Crippen LogP contribution is -2.39. The van der Waals surface area contributed by atoms with Gasteiger partial charge in [-0.15, -0.1) is 0 Å². The molecule has 0 unspecified atom stereocenters. The molecule has 6 heteroatoms. The first-order valence-corrected chi connectivity index (χ1v) is 11.8. The van der Waals surface area contributed by atoms with E-state index in [0.717, 1.165) is 57.2 Å². The van der Waals surface area contributed by atoms with Crippen molar-refractivity contribution < 1.29 is 13.2 Å². The first kappa shape index (κ1) is 20.3. The zero-order valence-corrected chi connectivity index (χ0v) is 17.1. The molecule has 1 aliphatic heterocycles. The highest BCUT2D eigenvalue weighted by Crippen LogP contribution is 2.30. The molecule has 1 saturated carbocycles. The number of aryl methyl sites for hydroxylation is 1. The second-order valence-electron chi connectivity index (χ2n) is 8.12. The molecule has 5 nitrogen and oxygen atoms in total. The standard InChI is InChI=1S/C21H32N2O3S/c1-17-6-12-20(13-7-17)27(25,26)22-16-18-8-10-19(11-9-18)21(24)23-14-4-2-3-5-15-23/h6-7,12-13,18-19,22H,2-5,8-11,14-16H2,1H3. The Morgan fingerprint density at radius 2 is 1.59 bits per heavy atom. The number of carbonyl (C=O) groups excluding carboxylic acids is 1. The summed E-state index contributed by atoms with van der Waals surface area (Å²) in [6.45, 7) is 4.22. The van der Waals surface area contributed by atoms with Gasteiger partial charge in [0.1, 0.15) is 0 Å². The number of nitrogens with zero attached hydrogens (tertiary/aromatic N) is 1. The van der Waals surface area contributed by atoms with Crippen LogP contribution in [0, 0.1) is 18.8 Å². The van der Waals surface area contributed by atoms with E-state index >= 15 is 0 Å². The molecule has 1 saturated heterocycles. The van der Waals surface area contributed by atoms with Crippen LogP contribution in [0.15, 0.2) is 29.2 Å². The third kappa shape index (κ3) is 5.55. The number of hydrogen-bond acceptors (Lipinski definition) is 3. The molecule has 0 aromatic heterocycles. The van der Waals surface area contributed by atoms with Gasteiger partial charge in [-0.25, -0.2) is 13.1 Å². The van der Waals surface area contributed by atoms with E-state index < -0.39 is 10.0 Å². The Morgan fingerprint density at radius 1 is 1.00 bits per heavy atom. The zero-order valence-electron chi connectivity index (χ0n) is 16.3. The average molecular weight is 393 g/mol. The summed E-state index contributed by atoms with van der Waals surface area (Å²) in [7, 11) is -3.45. The molecule has 27 heavy (non-hydrogen) atoms. The molecule has 1 aromatic rings. The number of nitrogens with one attached hydrogen (secondary N) is 1. The molecule has 0 spiro atoms. The Labute approximate surface area is 163 Å². The summed E-state index contributed by atoms with van der Waals surface area (Å²) in [5.41, 5.74) is 1.04. The maximum absolute atomic E-state index is 12.8. The molecule has 2 fully saturated rings. The van der Waals surface area contributed by atoms with Crippen molar-refractivity contribution in [2.45, 2.75) is 63.2 Å². The van der Waals surface area contributed by atoms with Crippen LogP contribution in [0.5, 0.6) is 0 Å². The summed E-state index contributed by atoms with van der Waals surface area (Å²) >= 11 is 0. The van der Waals surface area contributed by atoms with Crippen LogP contribution in [-0.2, 0) is 14.8 Å². The molecule has 1 aliphatic carbocycles. The average Bonchev–Trinajstić information content (AvgIpc) is 2.96. The molecular weight excluding hydrogens is 360 g/mol. The van der Waals surface area contributed by atoms with E-state index in [4.69, 9.17) is 0 Å². The minimum absolute atomic E-state index is 0.132. The highest BCUT2D eigenvalue weighted by Gasteiger charge is 2.30. The van der Waals surface area contributed by atoms with Gasteiger partial charge >= 0.3 is 0 Å². The summed E-state index contributed by atoms with van der Waals surface area (Å²) in [6, 6.07) is 6.92. The molecular formula is C21H32N2O3S. The van der Waals surface area contributed by atoms with Gasteiger partial charge in [-0.3, -0.25) is 4.79 Å². The maximum Gasteiger partial charge on any atom is 0.240 e. The number of rotatable bonds is 5. The van der Waals surface area contributed by atoms with Crippen LogP contribution < -0.4 is 4.72 Å². The van der Waals surface area contributed by atoms with Crippen molar-refractivity contribution in [2.24, 2.45) is 11.8 Å². The molecule has 0 bridgehead atoms. The van der Waals surface area contributed by atoms with Crippen LogP contribution in [0.2, 0.25) is 0 Å². The van der Waals surface area contributed by atoms with Gasteiger partial charge in [0.05, 0.1) is 4.90 Å². The third-order valence-corrected chi connectivity index (χ3v) is 7.45. The summed E-state index contributed by atoms with van der Waals surface area (Å²) < 4.78 is 27.6. The molecule has 3 rings (SSSR count). The Bertz CT molecular complexity index is 714. The Morgan fingerprint density at radius 3 is 2.19 bits per heavy atom. The fraction of sp³-hybridized carbons (Fsp3) is 0.667. The van der Waals surface area contributed by atoms with Crippen molar-refractivity contribution in [1.29, 1.82) is 0 Å². The van der Waals surface area contributed by atoms with Crippen LogP contribution in [-0.4, -0.2) is 38.9 Å². The van der Waals surface area contributed by atoms with Crippen molar-refractivity contribution in [3.05, 3.63) is 29.8 Å². The number of carbonyl (C=O) groups is 1. The zero-order chi connectivity index (χ0) is 19.3. The molecule has 0 atom stereocenters. The van der Waals surface area contributed by atoms with Gasteiger partial charge < -0.3 is 4.90 Å². The van der Waals surface area contributed by atoms with Crippen molar-refractivity contribution in [2.75, 3.05) is 19.6 Å². The fourth-order valence-corrected chi connectivity index (χ4v) is 5.31. The van der Waals surface area contributed by atoms with Gasteiger partial charge in [0.25, 0.3) is 0 Å². The van der Waals surface area contributed by atoms with Gasteiger partial charge in [0, 0.05) is 25.6 Å². The van der Waals surface area contributed by atoms with Crippen molar-refractivity contribution in [1.82, 2.24) is 9.62 Å². The van der Waals surface area contributed by atoms with E-state index in [0.29, 0.717) is 23.3 Å². The van der Waals surface area contributed by atoms with Crippen LogP contribution in [0.4, 0.5) is 0 Å². The molecule has 2 aliphatic rings. The van der Waals surface area contributed by atoms with Crippen molar-refractivity contribution in [3.8, 4) is 0 Å². The molecule has 0 radical (unpaired) electrons. The minimum atomic E-state index is -3.45. The number of hydrogen-bond donors (Lipinski definition) is 1. The number of sulfonamides is 1. The van der Waals surface area contributed by atoms with Crippen LogP contribution in [0.3, 0.4) is 0 Å².